The molecule has 1 unspecified atom stereocenters. The zero-order valence-electron chi connectivity index (χ0n) is 26.6. The van der Waals surface area contributed by atoms with Gasteiger partial charge >= 0.3 is 5.97 Å². The summed E-state index contributed by atoms with van der Waals surface area (Å²) in [5.74, 6) is -1.03. The largest absolute Gasteiger partial charge is 0.508 e. The number of aromatic hydroxyl groups is 1. The molecule has 0 bridgehead atoms. The number of piperazine rings is 1. The zero-order valence-corrected chi connectivity index (χ0v) is 27.4. The fourth-order valence-corrected chi connectivity index (χ4v) is 7.24. The molecule has 1 amide bonds. The third-order valence-electron chi connectivity index (χ3n) is 7.86. The van der Waals surface area contributed by atoms with E-state index < -0.39 is 27.4 Å². The van der Waals surface area contributed by atoms with Crippen molar-refractivity contribution in [3.63, 3.8) is 0 Å². The molecule has 3 aromatic carbocycles. The van der Waals surface area contributed by atoms with Gasteiger partial charge in [0.1, 0.15) is 11.4 Å². The summed E-state index contributed by atoms with van der Waals surface area (Å²) in [4.78, 5) is 34.7. The maximum absolute atomic E-state index is 14.1. The molecule has 2 heterocycles. The van der Waals surface area contributed by atoms with Crippen molar-refractivity contribution in [3.05, 3.63) is 90.1 Å². The topological polar surface area (TPSA) is 129 Å². The fraction of sp³-hybridized carbons (Fsp3) is 0.343. The van der Waals surface area contributed by atoms with Crippen LogP contribution in [-0.4, -0.2) is 79.7 Å². The minimum absolute atomic E-state index is 0.0561. The summed E-state index contributed by atoms with van der Waals surface area (Å²) >= 11 is 0. The van der Waals surface area contributed by atoms with E-state index in [9.17, 15) is 23.1 Å². The van der Waals surface area contributed by atoms with E-state index in [1.165, 1.54) is 30.0 Å². The van der Waals surface area contributed by atoms with Crippen molar-refractivity contribution in [1.82, 2.24) is 15.2 Å². The second-order valence-corrected chi connectivity index (χ2v) is 14.3. The average Bonchev–Trinajstić information content (AvgIpc) is 3.02. The van der Waals surface area contributed by atoms with E-state index in [2.05, 4.69) is 39.5 Å². The third-order valence-corrected chi connectivity index (χ3v) is 9.65. The first-order valence-electron chi connectivity index (χ1n) is 15.3. The molecule has 1 fully saturated rings. The number of hydrogen-bond acceptors (Lipinski definition) is 9. The van der Waals surface area contributed by atoms with E-state index in [-0.39, 0.29) is 34.5 Å². The number of esters is 1. The normalized spacial score (nSPS) is 14.7. The van der Waals surface area contributed by atoms with Crippen LogP contribution in [0.2, 0.25) is 0 Å². The quantitative estimate of drug-likeness (QED) is 0.257. The number of aryl methyl sites for hydroxylation is 1. The number of aromatic nitrogens is 1. The zero-order chi connectivity index (χ0) is 33.1. The predicted octanol–water partition coefficient (Wildman–Crippen LogP) is 4.27. The van der Waals surface area contributed by atoms with Gasteiger partial charge in [-0.3, -0.25) is 14.9 Å². The van der Waals surface area contributed by atoms with Crippen LogP contribution >= 0.6 is 0 Å². The molecule has 242 valence electrons. The van der Waals surface area contributed by atoms with Gasteiger partial charge in [0.2, 0.25) is 15.7 Å². The number of amides is 1. The molecule has 1 saturated heterocycles. The summed E-state index contributed by atoms with van der Waals surface area (Å²) in [6.07, 6.45) is 1.38. The van der Waals surface area contributed by atoms with E-state index in [4.69, 9.17) is 4.74 Å². The van der Waals surface area contributed by atoms with Crippen molar-refractivity contribution in [2.45, 2.75) is 55.7 Å². The van der Waals surface area contributed by atoms with E-state index in [0.717, 1.165) is 5.69 Å². The molecular weight excluding hydrogens is 604 g/mol. The Kier molecular flexibility index (Phi) is 9.64. The van der Waals surface area contributed by atoms with Crippen molar-refractivity contribution >= 4 is 38.2 Å². The minimum atomic E-state index is -4.23. The minimum Gasteiger partial charge on any atom is -0.508 e. The summed E-state index contributed by atoms with van der Waals surface area (Å²) in [5.41, 5.74) is 1.84. The molecule has 0 spiro atoms. The van der Waals surface area contributed by atoms with E-state index >= 15 is 0 Å². The maximum atomic E-state index is 14.1. The smallest absolute Gasteiger partial charge is 0.320 e. The third kappa shape index (κ3) is 7.66. The van der Waals surface area contributed by atoms with Gasteiger partial charge in [0.05, 0.1) is 17.5 Å². The van der Waals surface area contributed by atoms with Crippen LogP contribution in [0.3, 0.4) is 0 Å². The Morgan fingerprint density at radius 3 is 2.37 bits per heavy atom. The first-order valence-corrected chi connectivity index (χ1v) is 16.8. The first kappa shape index (κ1) is 32.9. The monoisotopic (exact) mass is 644 g/mol. The molecule has 1 aliphatic rings. The van der Waals surface area contributed by atoms with E-state index in [0.29, 0.717) is 42.5 Å². The number of nitrogens with zero attached hydrogens (tertiary/aromatic N) is 3. The lowest BCUT2D eigenvalue weighted by Gasteiger charge is -2.38. The van der Waals surface area contributed by atoms with Crippen molar-refractivity contribution in [2.24, 2.45) is 0 Å². The summed E-state index contributed by atoms with van der Waals surface area (Å²) in [6.45, 7) is 9.23. The molecular formula is C35H40N4O6S. The van der Waals surface area contributed by atoms with Gasteiger partial charge in [-0.15, -0.1) is 0 Å². The Morgan fingerprint density at radius 2 is 1.67 bits per heavy atom. The molecule has 4 aromatic rings. The number of anilines is 1. The fourth-order valence-electron chi connectivity index (χ4n) is 5.58. The molecule has 46 heavy (non-hydrogen) atoms. The highest BCUT2D eigenvalue weighted by molar-refractivity contribution is 7.91. The highest BCUT2D eigenvalue weighted by Crippen LogP contribution is 2.31. The Labute approximate surface area is 269 Å². The van der Waals surface area contributed by atoms with Crippen LogP contribution < -0.4 is 10.2 Å². The molecule has 5 rings (SSSR count). The van der Waals surface area contributed by atoms with Crippen molar-refractivity contribution in [3.8, 4) is 5.75 Å². The number of benzene rings is 3. The Hall–Kier alpha value is -4.48. The van der Waals surface area contributed by atoms with E-state index in [1.807, 2.05) is 13.0 Å². The predicted molar refractivity (Wildman–Crippen MR) is 177 cm³/mol. The standard InChI is InChI=1S/C35H40N4O6S/c1-24-9-12-27(13-10-24)38-17-19-39(20-18-38)34(42)30(37-23-32(41)45-35(2,3)4)21-26-11-14-28(40)22-31(26)46(43,44)33-29-8-6-5-7-25(29)15-16-36-33/h5-16,22,30,37,40H,17-21,23H2,1-4H3. The number of rotatable bonds is 9. The van der Waals surface area contributed by atoms with E-state index in [1.54, 1.807) is 49.9 Å². The molecule has 1 atom stereocenters. The maximum Gasteiger partial charge on any atom is 0.320 e. The van der Waals surface area contributed by atoms with Gasteiger partial charge < -0.3 is 19.6 Å². The van der Waals surface area contributed by atoms with Gasteiger partial charge in [0.25, 0.3) is 0 Å². The van der Waals surface area contributed by atoms with Gasteiger partial charge in [0.15, 0.2) is 5.03 Å². The summed E-state index contributed by atoms with van der Waals surface area (Å²) in [6, 6.07) is 20.1. The number of pyridine rings is 1. The van der Waals surface area contributed by atoms with Crippen LogP contribution in [0.15, 0.2) is 88.9 Å². The highest BCUT2D eigenvalue weighted by Gasteiger charge is 2.32. The molecule has 2 N–H and O–H groups in total. The number of fused-ring (bicyclic) bond motifs is 1. The summed E-state index contributed by atoms with van der Waals surface area (Å²) < 4.78 is 33.7. The molecule has 10 nitrogen and oxygen atoms in total. The van der Waals surface area contributed by atoms with Crippen LogP contribution in [0.1, 0.15) is 31.9 Å². The number of carbonyl (C=O) groups excluding carboxylic acids is 2. The number of sulfone groups is 1. The van der Waals surface area contributed by atoms with Crippen LogP contribution in [-0.2, 0) is 30.6 Å². The lowest BCUT2D eigenvalue weighted by molar-refractivity contribution is -0.153. The Morgan fingerprint density at radius 1 is 0.978 bits per heavy atom. The number of nitrogens with one attached hydrogen (secondary N) is 1. The van der Waals surface area contributed by atoms with Crippen LogP contribution in [0.5, 0.6) is 5.75 Å². The molecule has 1 aliphatic heterocycles. The number of phenolic OH excluding ortho intramolecular Hbond substituents is 1. The molecule has 1 aromatic heterocycles. The number of carbonyl (C=O) groups is 2. The Balaban J connectivity index is 1.43. The van der Waals surface area contributed by atoms with Gasteiger partial charge in [-0.1, -0.05) is 48.0 Å². The summed E-state index contributed by atoms with van der Waals surface area (Å²) in [5, 5.41) is 14.4. The van der Waals surface area contributed by atoms with Crippen molar-refractivity contribution < 1.29 is 27.9 Å². The van der Waals surface area contributed by atoms with Crippen molar-refractivity contribution in [1.29, 1.82) is 0 Å². The number of hydrogen-bond donors (Lipinski definition) is 2. The lowest BCUT2D eigenvalue weighted by atomic mass is 10.0. The van der Waals surface area contributed by atoms with Gasteiger partial charge in [-0.2, -0.15) is 0 Å². The van der Waals surface area contributed by atoms with Crippen LogP contribution in [0, 0.1) is 6.92 Å². The molecule has 0 aliphatic carbocycles. The van der Waals surface area contributed by atoms with Crippen LogP contribution in [0.4, 0.5) is 5.69 Å². The Bertz CT molecular complexity index is 1820. The summed E-state index contributed by atoms with van der Waals surface area (Å²) in [7, 11) is -4.23. The number of phenols is 1. The second kappa shape index (κ2) is 13.5. The molecule has 11 heteroatoms. The lowest BCUT2D eigenvalue weighted by Crippen LogP contribution is -2.55. The molecule has 0 saturated carbocycles. The van der Waals surface area contributed by atoms with Gasteiger partial charge in [-0.25, -0.2) is 13.4 Å². The average molecular weight is 645 g/mol. The second-order valence-electron chi connectivity index (χ2n) is 12.5. The van der Waals surface area contributed by atoms with Gasteiger partial charge in [-0.05, 0) is 75.4 Å². The van der Waals surface area contributed by atoms with Gasteiger partial charge in [0, 0.05) is 43.4 Å². The van der Waals surface area contributed by atoms with Crippen molar-refractivity contribution in [2.75, 3.05) is 37.6 Å². The molecule has 0 radical (unpaired) electrons. The first-order chi connectivity index (χ1) is 21.8. The highest BCUT2D eigenvalue weighted by atomic mass is 32.2. The van der Waals surface area contributed by atoms with Crippen LogP contribution in [0.25, 0.3) is 10.8 Å². The number of ether oxygens (including phenoxy) is 1. The SMILES string of the molecule is Cc1ccc(N2CCN(C(=O)C(Cc3ccc(O)cc3S(=O)(=O)c3nccc4ccccc34)NCC(=O)OC(C)(C)C)CC2)cc1.